The number of benzene rings is 1. The van der Waals surface area contributed by atoms with Crippen molar-refractivity contribution < 1.29 is 5.11 Å². The molecule has 0 saturated heterocycles. The van der Waals surface area contributed by atoms with E-state index in [1.807, 2.05) is 31.3 Å². The molecule has 0 fully saturated rings. The quantitative estimate of drug-likeness (QED) is 0.755. The molecule has 5 heteroatoms. The second-order valence-electron chi connectivity index (χ2n) is 5.65. The number of nitrogens with zero attached hydrogens (tertiary/aromatic N) is 2. The maximum Gasteiger partial charge on any atom is 0.224 e. The summed E-state index contributed by atoms with van der Waals surface area (Å²) in [4.78, 5) is 8.92. The van der Waals surface area contributed by atoms with Gasteiger partial charge in [-0.15, -0.1) is 0 Å². The normalized spacial score (nSPS) is 11.6. The number of para-hydroxylation sites is 1. The molecule has 0 saturated carbocycles. The average Bonchev–Trinajstić information content (AvgIpc) is 2.44. The van der Waals surface area contributed by atoms with Crippen LogP contribution in [-0.2, 0) is 0 Å². The fourth-order valence-corrected chi connectivity index (χ4v) is 2.04. The van der Waals surface area contributed by atoms with Crippen LogP contribution in [0.4, 0.5) is 11.8 Å². The number of fused-ring (bicyclic) bond motifs is 1. The van der Waals surface area contributed by atoms with Gasteiger partial charge in [0.1, 0.15) is 5.82 Å². The Hall–Kier alpha value is -1.88. The molecule has 0 aliphatic heterocycles. The van der Waals surface area contributed by atoms with Gasteiger partial charge in [-0.2, -0.15) is 4.98 Å². The minimum absolute atomic E-state index is 0.0145. The Labute approximate surface area is 119 Å². The van der Waals surface area contributed by atoms with Gasteiger partial charge >= 0.3 is 0 Å². The molecule has 0 aliphatic carbocycles. The second-order valence-corrected chi connectivity index (χ2v) is 5.65. The highest BCUT2D eigenvalue weighted by molar-refractivity contribution is 5.89. The van der Waals surface area contributed by atoms with E-state index in [1.165, 1.54) is 0 Å². The first-order valence-electron chi connectivity index (χ1n) is 6.85. The molecule has 0 radical (unpaired) electrons. The molecule has 1 aromatic heterocycles. The molecule has 0 amide bonds. The summed E-state index contributed by atoms with van der Waals surface area (Å²) in [5.41, 5.74) is 0.926. The van der Waals surface area contributed by atoms with Crippen molar-refractivity contribution in [3.8, 4) is 0 Å². The van der Waals surface area contributed by atoms with Gasteiger partial charge < -0.3 is 15.7 Å². The molecule has 3 N–H and O–H groups in total. The Balaban J connectivity index is 2.28. The number of hydrogen-bond acceptors (Lipinski definition) is 5. The SMILES string of the molecule is CNc1nc(NCC(C)(C)CCO)c2ccccc2n1. The van der Waals surface area contributed by atoms with Gasteiger partial charge in [0.15, 0.2) is 0 Å². The molecule has 108 valence electrons. The van der Waals surface area contributed by atoms with Crippen LogP contribution in [0.5, 0.6) is 0 Å². The van der Waals surface area contributed by atoms with Crippen LogP contribution < -0.4 is 10.6 Å². The lowest BCUT2D eigenvalue weighted by Gasteiger charge is -2.24. The number of anilines is 2. The van der Waals surface area contributed by atoms with Gasteiger partial charge in [0, 0.05) is 25.6 Å². The lowest BCUT2D eigenvalue weighted by atomic mass is 9.90. The Bertz CT molecular complexity index is 583. The number of rotatable bonds is 6. The fraction of sp³-hybridized carbons (Fsp3) is 0.467. The molecule has 0 aliphatic rings. The van der Waals surface area contributed by atoms with E-state index in [-0.39, 0.29) is 12.0 Å². The number of aliphatic hydroxyl groups excluding tert-OH is 1. The summed E-state index contributed by atoms with van der Waals surface area (Å²) >= 11 is 0. The van der Waals surface area contributed by atoms with Crippen molar-refractivity contribution in [3.63, 3.8) is 0 Å². The first kappa shape index (κ1) is 14.5. The van der Waals surface area contributed by atoms with Crippen molar-refractivity contribution in [2.24, 2.45) is 5.41 Å². The molecule has 2 aromatic rings. The second kappa shape index (κ2) is 6.05. The molecule has 1 aromatic carbocycles. The van der Waals surface area contributed by atoms with Gasteiger partial charge in [0.2, 0.25) is 5.95 Å². The van der Waals surface area contributed by atoms with Gasteiger partial charge in [0.05, 0.1) is 5.52 Å². The smallest absolute Gasteiger partial charge is 0.224 e. The average molecular weight is 274 g/mol. The summed E-state index contributed by atoms with van der Waals surface area (Å²) in [5.74, 6) is 1.43. The van der Waals surface area contributed by atoms with E-state index in [9.17, 15) is 0 Å². The maximum atomic E-state index is 9.09. The van der Waals surface area contributed by atoms with Gasteiger partial charge in [-0.1, -0.05) is 26.0 Å². The number of hydrogen-bond donors (Lipinski definition) is 3. The predicted molar refractivity (Wildman–Crippen MR) is 83.1 cm³/mol. The molecular formula is C15H22N4O. The number of aliphatic hydroxyl groups is 1. The van der Waals surface area contributed by atoms with E-state index >= 15 is 0 Å². The van der Waals surface area contributed by atoms with Crippen molar-refractivity contribution in [2.45, 2.75) is 20.3 Å². The van der Waals surface area contributed by atoms with Gasteiger partial charge in [0.25, 0.3) is 0 Å². The minimum atomic E-state index is 0.0145. The summed E-state index contributed by atoms with van der Waals surface area (Å²) in [7, 11) is 1.81. The van der Waals surface area contributed by atoms with Crippen molar-refractivity contribution >= 4 is 22.7 Å². The van der Waals surface area contributed by atoms with Crippen LogP contribution >= 0.6 is 0 Å². The molecule has 5 nitrogen and oxygen atoms in total. The topological polar surface area (TPSA) is 70.1 Å². The third kappa shape index (κ3) is 3.36. The van der Waals surface area contributed by atoms with Crippen molar-refractivity contribution in [1.29, 1.82) is 0 Å². The Kier molecular flexibility index (Phi) is 4.39. The van der Waals surface area contributed by atoms with Crippen LogP contribution in [-0.4, -0.2) is 35.3 Å². The van der Waals surface area contributed by atoms with Crippen LogP contribution in [0.1, 0.15) is 20.3 Å². The summed E-state index contributed by atoms with van der Waals surface area (Å²) < 4.78 is 0. The van der Waals surface area contributed by atoms with Crippen LogP contribution in [0, 0.1) is 5.41 Å². The molecular weight excluding hydrogens is 252 g/mol. The first-order valence-corrected chi connectivity index (χ1v) is 6.85. The highest BCUT2D eigenvalue weighted by Gasteiger charge is 2.18. The molecule has 0 unspecified atom stereocenters. The van der Waals surface area contributed by atoms with Gasteiger partial charge in [-0.25, -0.2) is 4.98 Å². The molecule has 0 atom stereocenters. The van der Waals surface area contributed by atoms with Crippen molar-refractivity contribution in [2.75, 3.05) is 30.8 Å². The minimum Gasteiger partial charge on any atom is -0.396 e. The van der Waals surface area contributed by atoms with Crippen LogP contribution in [0.15, 0.2) is 24.3 Å². The van der Waals surface area contributed by atoms with Crippen LogP contribution in [0.2, 0.25) is 0 Å². The molecule has 20 heavy (non-hydrogen) atoms. The summed E-state index contributed by atoms with van der Waals surface area (Å²) in [6, 6.07) is 7.93. The Morgan fingerprint density at radius 1 is 1.20 bits per heavy atom. The van der Waals surface area contributed by atoms with Crippen LogP contribution in [0.25, 0.3) is 10.9 Å². The fourth-order valence-electron chi connectivity index (χ4n) is 2.04. The lowest BCUT2D eigenvalue weighted by molar-refractivity contribution is 0.220. The van der Waals surface area contributed by atoms with Gasteiger partial charge in [-0.05, 0) is 24.0 Å². The molecule has 1 heterocycles. The number of aromatic nitrogens is 2. The predicted octanol–water partition coefficient (Wildman–Crippen LogP) is 2.49. The number of nitrogens with one attached hydrogen (secondary N) is 2. The van der Waals surface area contributed by atoms with E-state index < -0.39 is 0 Å². The summed E-state index contributed by atoms with van der Waals surface area (Å²) in [6.07, 6.45) is 0.752. The largest absolute Gasteiger partial charge is 0.396 e. The van der Waals surface area contributed by atoms with E-state index in [4.69, 9.17) is 5.11 Å². The molecule has 2 rings (SSSR count). The van der Waals surface area contributed by atoms with E-state index in [0.29, 0.717) is 5.95 Å². The lowest BCUT2D eigenvalue weighted by Crippen LogP contribution is -2.24. The monoisotopic (exact) mass is 274 g/mol. The Morgan fingerprint density at radius 3 is 2.65 bits per heavy atom. The maximum absolute atomic E-state index is 9.09. The standard InChI is InChI=1S/C15H22N4O/c1-15(2,8-9-20)10-17-13-11-6-4-5-7-12(11)18-14(16-3)19-13/h4-7,20H,8-10H2,1-3H3,(H2,16,17,18,19). The molecule has 0 bridgehead atoms. The summed E-state index contributed by atoms with van der Waals surface area (Å²) in [5, 5.41) is 16.5. The Morgan fingerprint density at radius 2 is 1.95 bits per heavy atom. The summed E-state index contributed by atoms with van der Waals surface area (Å²) in [6.45, 7) is 5.19. The van der Waals surface area contributed by atoms with E-state index in [1.54, 1.807) is 0 Å². The van der Waals surface area contributed by atoms with Crippen molar-refractivity contribution in [3.05, 3.63) is 24.3 Å². The highest BCUT2D eigenvalue weighted by atomic mass is 16.3. The third-order valence-electron chi connectivity index (χ3n) is 3.35. The third-order valence-corrected chi connectivity index (χ3v) is 3.35. The zero-order chi connectivity index (χ0) is 14.6. The first-order chi connectivity index (χ1) is 9.55. The molecule has 0 spiro atoms. The van der Waals surface area contributed by atoms with Gasteiger partial charge in [-0.3, -0.25) is 0 Å². The van der Waals surface area contributed by atoms with Crippen molar-refractivity contribution in [1.82, 2.24) is 9.97 Å². The zero-order valence-corrected chi connectivity index (χ0v) is 12.3. The highest BCUT2D eigenvalue weighted by Crippen LogP contribution is 2.25. The zero-order valence-electron chi connectivity index (χ0n) is 12.3. The van der Waals surface area contributed by atoms with E-state index in [2.05, 4.69) is 34.4 Å². The van der Waals surface area contributed by atoms with E-state index in [0.717, 1.165) is 29.7 Å². The van der Waals surface area contributed by atoms with Crippen LogP contribution in [0.3, 0.4) is 0 Å².